The van der Waals surface area contributed by atoms with Crippen LogP contribution >= 0.6 is 7.14 Å². The lowest BCUT2D eigenvalue weighted by Crippen LogP contribution is -2.24. The van der Waals surface area contributed by atoms with Gasteiger partial charge < -0.3 is 4.57 Å². The van der Waals surface area contributed by atoms with E-state index in [4.69, 9.17) is 5.10 Å². The first-order valence-electron chi connectivity index (χ1n) is 17.5. The van der Waals surface area contributed by atoms with Crippen LogP contribution in [0.1, 0.15) is 18.5 Å². The Balaban J connectivity index is 1.35. The summed E-state index contributed by atoms with van der Waals surface area (Å²) >= 11 is 0. The fraction of sp³-hybridized carbons (Fsp3) is 0.0426. The topological polar surface area (TPSA) is 34.4 Å². The Kier molecular flexibility index (Phi) is 7.92. The molecule has 4 heteroatoms. The Hall–Kier alpha value is -6.02. The van der Waals surface area contributed by atoms with Crippen molar-refractivity contribution in [3.05, 3.63) is 194 Å². The van der Waals surface area contributed by atoms with Crippen LogP contribution in [0.15, 0.2) is 188 Å². The highest BCUT2D eigenvalue weighted by molar-refractivity contribution is 7.85. The minimum atomic E-state index is -3.12. The third-order valence-corrected chi connectivity index (χ3v) is 13.0. The number of hydrogen-bond acceptors (Lipinski definition) is 2. The van der Waals surface area contributed by atoms with Gasteiger partial charge in [0.05, 0.1) is 11.2 Å². The zero-order valence-corrected chi connectivity index (χ0v) is 29.0. The summed E-state index contributed by atoms with van der Waals surface area (Å²) in [7, 11) is -3.12. The lowest BCUT2D eigenvalue weighted by atomic mass is 9.90. The van der Waals surface area contributed by atoms with E-state index in [0.717, 1.165) is 89.8 Å². The highest BCUT2D eigenvalue weighted by Gasteiger charge is 2.30. The molecule has 0 bridgehead atoms. The molecule has 0 aliphatic heterocycles. The van der Waals surface area contributed by atoms with Crippen LogP contribution < -0.4 is 15.9 Å². The second-order valence-electron chi connectivity index (χ2n) is 13.0. The SMILES string of the molecule is O=P(c1ccccc1)(c1ccccc1)c1ccc(-c2c(C3=CCCC=C3)n3nc(-c4ccccc4)c(-c4ccccc4)c3c3ccccc23)cc1. The summed E-state index contributed by atoms with van der Waals surface area (Å²) < 4.78 is 17.4. The van der Waals surface area contributed by atoms with E-state index >= 15 is 4.57 Å². The van der Waals surface area contributed by atoms with Crippen LogP contribution in [0.5, 0.6) is 0 Å². The first-order valence-corrected chi connectivity index (χ1v) is 19.2. The third-order valence-electron chi connectivity index (χ3n) is 9.92. The van der Waals surface area contributed by atoms with Crippen LogP contribution in [0.2, 0.25) is 0 Å². The summed E-state index contributed by atoms with van der Waals surface area (Å²) in [5.41, 5.74) is 9.73. The maximum atomic E-state index is 15.2. The minimum Gasteiger partial charge on any atom is -0.309 e. The van der Waals surface area contributed by atoms with E-state index in [0.29, 0.717) is 0 Å². The van der Waals surface area contributed by atoms with E-state index in [2.05, 4.69) is 132 Å². The van der Waals surface area contributed by atoms with Crippen molar-refractivity contribution >= 4 is 44.9 Å². The van der Waals surface area contributed by atoms with Crippen LogP contribution in [0.4, 0.5) is 0 Å². The van der Waals surface area contributed by atoms with Crippen molar-refractivity contribution in [1.29, 1.82) is 0 Å². The van der Waals surface area contributed by atoms with Gasteiger partial charge in [0.25, 0.3) is 0 Å². The van der Waals surface area contributed by atoms with Gasteiger partial charge in [-0.1, -0.05) is 188 Å². The normalized spacial score (nSPS) is 13.1. The number of aromatic nitrogens is 2. The molecule has 0 amide bonds. The molecular formula is C47H35N2OP. The van der Waals surface area contributed by atoms with E-state index in [1.165, 1.54) is 0 Å². The molecule has 9 rings (SSSR count). The van der Waals surface area contributed by atoms with E-state index in [1.54, 1.807) is 0 Å². The molecule has 0 saturated carbocycles. The molecule has 2 heterocycles. The van der Waals surface area contributed by atoms with Gasteiger partial charge >= 0.3 is 0 Å². The summed E-state index contributed by atoms with van der Waals surface area (Å²) in [6, 6.07) is 58.0. The van der Waals surface area contributed by atoms with Crippen LogP contribution in [0.3, 0.4) is 0 Å². The molecule has 1 aliphatic rings. The quantitative estimate of drug-likeness (QED) is 0.158. The van der Waals surface area contributed by atoms with E-state index in [-0.39, 0.29) is 0 Å². The minimum absolute atomic E-state index is 0.809. The van der Waals surface area contributed by atoms with Crippen LogP contribution in [0, 0.1) is 0 Å². The van der Waals surface area contributed by atoms with Gasteiger partial charge in [0.2, 0.25) is 0 Å². The summed E-state index contributed by atoms with van der Waals surface area (Å²) in [5, 5.41) is 10.3. The molecule has 1 aliphatic carbocycles. The predicted octanol–water partition coefficient (Wildman–Crippen LogP) is 10.9. The molecule has 0 fully saturated rings. The van der Waals surface area contributed by atoms with Crippen LogP contribution in [-0.4, -0.2) is 9.61 Å². The first kappa shape index (κ1) is 31.0. The fourth-order valence-corrected chi connectivity index (χ4v) is 10.2. The zero-order chi connectivity index (χ0) is 34.2. The Morgan fingerprint density at radius 3 is 1.59 bits per heavy atom. The zero-order valence-electron chi connectivity index (χ0n) is 28.1. The highest BCUT2D eigenvalue weighted by atomic mass is 31.2. The van der Waals surface area contributed by atoms with Gasteiger partial charge in [0.1, 0.15) is 5.69 Å². The molecule has 3 nitrogen and oxygen atoms in total. The van der Waals surface area contributed by atoms with Gasteiger partial charge in [0, 0.05) is 38.0 Å². The third kappa shape index (κ3) is 5.30. The van der Waals surface area contributed by atoms with Gasteiger partial charge in [-0.3, -0.25) is 0 Å². The molecule has 8 aromatic rings. The van der Waals surface area contributed by atoms with Crippen LogP contribution in [0.25, 0.3) is 55.4 Å². The Bertz CT molecular complexity index is 2580. The van der Waals surface area contributed by atoms with Gasteiger partial charge in [-0.15, -0.1) is 0 Å². The molecule has 2 aromatic heterocycles. The van der Waals surface area contributed by atoms with Crippen molar-refractivity contribution in [1.82, 2.24) is 9.61 Å². The standard InChI is InChI=1S/C47H35N2OP/c50-51(38-24-12-4-13-25-38,39-26-14-5-15-27-39)40-32-30-35(31-33-40)43-41-28-16-17-29-42(41)47-44(34-18-6-1-7-19-34)45(36-20-8-2-9-21-36)48-49(47)46(43)37-22-10-3-11-23-37/h1-2,4-10,12-33H,3,11H2. The van der Waals surface area contributed by atoms with Crippen molar-refractivity contribution in [2.75, 3.05) is 0 Å². The molecule has 51 heavy (non-hydrogen) atoms. The average Bonchev–Trinajstić information content (AvgIpc) is 3.62. The van der Waals surface area contributed by atoms with Gasteiger partial charge in [0.15, 0.2) is 7.14 Å². The van der Waals surface area contributed by atoms with E-state index in [1.807, 2.05) is 60.7 Å². The molecule has 0 spiro atoms. The lowest BCUT2D eigenvalue weighted by molar-refractivity contribution is 0.592. The number of rotatable bonds is 7. The largest absolute Gasteiger partial charge is 0.309 e. The summed E-state index contributed by atoms with van der Waals surface area (Å²) in [6.07, 6.45) is 8.83. The van der Waals surface area contributed by atoms with Crippen molar-refractivity contribution in [2.24, 2.45) is 0 Å². The number of allylic oxidation sites excluding steroid dienone is 4. The second kappa shape index (κ2) is 13.0. The van der Waals surface area contributed by atoms with Gasteiger partial charge in [-0.2, -0.15) is 5.10 Å². The number of pyridine rings is 1. The number of benzene rings is 6. The summed E-state index contributed by atoms with van der Waals surface area (Å²) in [4.78, 5) is 0. The Labute approximate surface area is 298 Å². The number of hydrogen-bond donors (Lipinski definition) is 0. The molecule has 0 unspecified atom stereocenters. The molecule has 0 N–H and O–H groups in total. The van der Waals surface area contributed by atoms with E-state index in [9.17, 15) is 0 Å². The van der Waals surface area contributed by atoms with E-state index < -0.39 is 7.14 Å². The summed E-state index contributed by atoms with van der Waals surface area (Å²) in [6.45, 7) is 0. The Morgan fingerprint density at radius 1 is 0.490 bits per heavy atom. The van der Waals surface area contributed by atoms with Crippen LogP contribution in [-0.2, 0) is 4.57 Å². The molecule has 6 aromatic carbocycles. The fourth-order valence-electron chi connectivity index (χ4n) is 7.55. The smallest absolute Gasteiger partial charge is 0.171 e. The molecule has 0 saturated heterocycles. The first-order chi connectivity index (χ1) is 25.2. The average molecular weight is 675 g/mol. The lowest BCUT2D eigenvalue weighted by Gasteiger charge is -2.22. The number of fused-ring (bicyclic) bond motifs is 3. The van der Waals surface area contributed by atoms with Crippen molar-refractivity contribution in [3.8, 4) is 33.5 Å². The van der Waals surface area contributed by atoms with Crippen molar-refractivity contribution < 1.29 is 4.57 Å². The van der Waals surface area contributed by atoms with Crippen molar-refractivity contribution in [2.45, 2.75) is 12.8 Å². The number of nitrogens with zero attached hydrogens (tertiary/aromatic N) is 2. The predicted molar refractivity (Wildman–Crippen MR) is 215 cm³/mol. The molecule has 0 radical (unpaired) electrons. The second-order valence-corrected chi connectivity index (χ2v) is 15.7. The maximum absolute atomic E-state index is 15.2. The van der Waals surface area contributed by atoms with Gasteiger partial charge in [-0.25, -0.2) is 4.52 Å². The van der Waals surface area contributed by atoms with Gasteiger partial charge in [-0.05, 0) is 34.9 Å². The molecule has 244 valence electrons. The summed E-state index contributed by atoms with van der Waals surface area (Å²) in [5.74, 6) is 0. The Morgan fingerprint density at radius 2 is 1.00 bits per heavy atom. The molecule has 0 atom stereocenters. The highest BCUT2D eigenvalue weighted by Crippen LogP contribution is 2.46. The molecular weight excluding hydrogens is 640 g/mol. The maximum Gasteiger partial charge on any atom is 0.171 e. The van der Waals surface area contributed by atoms with Crippen molar-refractivity contribution in [3.63, 3.8) is 0 Å². The monoisotopic (exact) mass is 674 g/mol.